The average Bonchev–Trinajstić information content (AvgIpc) is 2.90. The molecule has 0 saturated carbocycles. The van der Waals surface area contributed by atoms with Gasteiger partial charge in [0.1, 0.15) is 15.5 Å². The predicted molar refractivity (Wildman–Crippen MR) is 88.3 cm³/mol. The standard InChI is InChI=1S/C17H14N2O3S/c1-23(21,22)10-9-19-14-8-4-7-13-15(14)16(18-19)11-5-2-3-6-12(11)17(13)20/h2-8H,9-10H2,1H3. The smallest absolute Gasteiger partial charge is 0.194 e. The molecular formula is C17H14N2O3S. The summed E-state index contributed by atoms with van der Waals surface area (Å²) in [6, 6.07) is 12.9. The van der Waals surface area contributed by atoms with Crippen LogP contribution in [0.5, 0.6) is 0 Å². The molecular weight excluding hydrogens is 312 g/mol. The Morgan fingerprint density at radius 1 is 1.00 bits per heavy atom. The molecule has 23 heavy (non-hydrogen) atoms. The Balaban J connectivity index is 1.98. The van der Waals surface area contributed by atoms with Gasteiger partial charge in [0.2, 0.25) is 0 Å². The lowest BCUT2D eigenvalue weighted by Gasteiger charge is -2.13. The second-order valence-electron chi connectivity index (χ2n) is 5.78. The van der Waals surface area contributed by atoms with E-state index in [1.807, 2.05) is 30.3 Å². The van der Waals surface area contributed by atoms with Crippen molar-refractivity contribution in [2.75, 3.05) is 12.0 Å². The van der Waals surface area contributed by atoms with Crippen molar-refractivity contribution in [1.82, 2.24) is 9.78 Å². The lowest BCUT2D eigenvalue weighted by molar-refractivity contribution is 0.104. The zero-order chi connectivity index (χ0) is 16.2. The van der Waals surface area contributed by atoms with Crippen molar-refractivity contribution in [3.05, 3.63) is 53.6 Å². The van der Waals surface area contributed by atoms with Crippen LogP contribution in [-0.4, -0.2) is 36.0 Å². The highest BCUT2D eigenvalue weighted by atomic mass is 32.2. The highest BCUT2D eigenvalue weighted by molar-refractivity contribution is 7.90. The quantitative estimate of drug-likeness (QED) is 0.579. The highest BCUT2D eigenvalue weighted by Crippen LogP contribution is 2.38. The number of carbonyl (C=O) groups excluding carboxylic acids is 1. The first-order valence-electron chi connectivity index (χ1n) is 7.27. The number of benzene rings is 2. The van der Waals surface area contributed by atoms with Crippen molar-refractivity contribution in [2.24, 2.45) is 0 Å². The molecule has 0 unspecified atom stereocenters. The summed E-state index contributed by atoms with van der Waals surface area (Å²) in [5.41, 5.74) is 3.62. The molecule has 1 aliphatic rings. The van der Waals surface area contributed by atoms with Gasteiger partial charge in [-0.15, -0.1) is 0 Å². The molecule has 0 N–H and O–H groups in total. The van der Waals surface area contributed by atoms with E-state index in [4.69, 9.17) is 0 Å². The SMILES string of the molecule is CS(=O)(=O)CCn1nc2c3c(cccc31)C(=O)c1ccccc1-2. The van der Waals surface area contributed by atoms with Crippen LogP contribution in [0.2, 0.25) is 0 Å². The minimum Gasteiger partial charge on any atom is -0.289 e. The monoisotopic (exact) mass is 326 g/mol. The number of fused-ring (bicyclic) bond motifs is 2. The van der Waals surface area contributed by atoms with Crippen LogP contribution in [-0.2, 0) is 16.4 Å². The Morgan fingerprint density at radius 2 is 1.70 bits per heavy atom. The Bertz CT molecular complexity index is 1060. The number of rotatable bonds is 3. The van der Waals surface area contributed by atoms with Gasteiger partial charge in [-0.05, 0) is 6.07 Å². The van der Waals surface area contributed by atoms with Crippen LogP contribution in [0.3, 0.4) is 0 Å². The van der Waals surface area contributed by atoms with E-state index in [0.29, 0.717) is 11.1 Å². The number of hydrogen-bond donors (Lipinski definition) is 0. The van der Waals surface area contributed by atoms with Gasteiger partial charge in [0, 0.05) is 28.3 Å². The van der Waals surface area contributed by atoms with Crippen LogP contribution in [0.4, 0.5) is 0 Å². The molecule has 6 heteroatoms. The molecule has 0 saturated heterocycles. The minimum absolute atomic E-state index is 0.0126. The number of aryl methyl sites for hydroxylation is 1. The molecule has 3 aromatic rings. The van der Waals surface area contributed by atoms with E-state index in [2.05, 4.69) is 5.10 Å². The van der Waals surface area contributed by atoms with E-state index in [1.165, 1.54) is 6.26 Å². The van der Waals surface area contributed by atoms with Crippen molar-refractivity contribution in [3.8, 4) is 11.3 Å². The number of sulfone groups is 1. The first-order valence-corrected chi connectivity index (χ1v) is 9.33. The number of aromatic nitrogens is 2. The van der Waals surface area contributed by atoms with Crippen molar-refractivity contribution >= 4 is 26.5 Å². The maximum Gasteiger partial charge on any atom is 0.194 e. The van der Waals surface area contributed by atoms with E-state index < -0.39 is 9.84 Å². The lowest BCUT2D eigenvalue weighted by Crippen LogP contribution is -2.12. The van der Waals surface area contributed by atoms with E-state index in [1.54, 1.807) is 16.8 Å². The van der Waals surface area contributed by atoms with Gasteiger partial charge >= 0.3 is 0 Å². The van der Waals surface area contributed by atoms with Crippen LogP contribution in [0.1, 0.15) is 15.9 Å². The van der Waals surface area contributed by atoms with E-state index in [9.17, 15) is 13.2 Å². The van der Waals surface area contributed by atoms with Gasteiger partial charge < -0.3 is 0 Å². The summed E-state index contributed by atoms with van der Waals surface area (Å²) in [5, 5.41) is 5.41. The highest BCUT2D eigenvalue weighted by Gasteiger charge is 2.28. The molecule has 116 valence electrons. The second-order valence-corrected chi connectivity index (χ2v) is 8.04. The summed E-state index contributed by atoms with van der Waals surface area (Å²) in [6.45, 7) is 0.273. The molecule has 1 aliphatic carbocycles. The fourth-order valence-corrected chi connectivity index (χ4v) is 3.57. The molecule has 1 heterocycles. The molecule has 4 rings (SSSR count). The fourth-order valence-electron chi connectivity index (χ4n) is 3.06. The summed E-state index contributed by atoms with van der Waals surface area (Å²) < 4.78 is 24.6. The third-order valence-electron chi connectivity index (χ3n) is 4.12. The first kappa shape index (κ1) is 14.1. The van der Waals surface area contributed by atoms with Gasteiger partial charge in [-0.2, -0.15) is 5.10 Å². The molecule has 0 aliphatic heterocycles. The molecule has 0 amide bonds. The summed E-state index contributed by atoms with van der Waals surface area (Å²) >= 11 is 0. The van der Waals surface area contributed by atoms with E-state index >= 15 is 0 Å². The summed E-state index contributed by atoms with van der Waals surface area (Å²) in [5.74, 6) is 0.00428. The molecule has 5 nitrogen and oxygen atoms in total. The lowest BCUT2D eigenvalue weighted by atomic mass is 9.87. The third kappa shape index (κ3) is 2.17. The Hall–Kier alpha value is -2.47. The Labute approximate surface area is 133 Å². The van der Waals surface area contributed by atoms with Gasteiger partial charge in [0.25, 0.3) is 0 Å². The predicted octanol–water partition coefficient (Wildman–Crippen LogP) is 2.29. The first-order chi connectivity index (χ1) is 11.0. The van der Waals surface area contributed by atoms with Crippen molar-refractivity contribution < 1.29 is 13.2 Å². The van der Waals surface area contributed by atoms with Crippen LogP contribution in [0, 0.1) is 0 Å². The molecule has 1 aromatic heterocycles. The zero-order valence-corrected chi connectivity index (χ0v) is 13.3. The average molecular weight is 326 g/mol. The molecule has 0 fully saturated rings. The van der Waals surface area contributed by atoms with Crippen molar-refractivity contribution in [3.63, 3.8) is 0 Å². The fraction of sp³-hybridized carbons (Fsp3) is 0.176. The topological polar surface area (TPSA) is 69.0 Å². The maximum atomic E-state index is 12.7. The van der Waals surface area contributed by atoms with Crippen molar-refractivity contribution in [1.29, 1.82) is 0 Å². The molecule has 0 atom stereocenters. The van der Waals surface area contributed by atoms with E-state index in [-0.39, 0.29) is 18.1 Å². The maximum absolute atomic E-state index is 12.7. The molecule has 2 aromatic carbocycles. The van der Waals surface area contributed by atoms with Crippen molar-refractivity contribution in [2.45, 2.75) is 6.54 Å². The summed E-state index contributed by atoms with van der Waals surface area (Å²) in [4.78, 5) is 12.7. The van der Waals surface area contributed by atoms with Gasteiger partial charge in [-0.1, -0.05) is 36.4 Å². The number of ketones is 1. The minimum atomic E-state index is -3.08. The van der Waals surface area contributed by atoms with Gasteiger partial charge in [0.05, 0.1) is 17.8 Å². The second kappa shape index (κ2) is 4.76. The van der Waals surface area contributed by atoms with Gasteiger partial charge in [0.15, 0.2) is 5.78 Å². The van der Waals surface area contributed by atoms with Crippen LogP contribution < -0.4 is 0 Å². The molecule has 0 bridgehead atoms. The zero-order valence-electron chi connectivity index (χ0n) is 12.5. The third-order valence-corrected chi connectivity index (χ3v) is 5.05. The summed E-state index contributed by atoms with van der Waals surface area (Å²) in [7, 11) is -3.08. The normalized spacial score (nSPS) is 13.3. The van der Waals surface area contributed by atoms with Crippen LogP contribution in [0.25, 0.3) is 22.2 Å². The number of nitrogens with zero attached hydrogens (tertiary/aromatic N) is 2. The van der Waals surface area contributed by atoms with Gasteiger partial charge in [-0.3, -0.25) is 9.48 Å². The number of carbonyl (C=O) groups is 1. The number of hydrogen-bond acceptors (Lipinski definition) is 4. The van der Waals surface area contributed by atoms with Crippen LogP contribution in [0.15, 0.2) is 42.5 Å². The van der Waals surface area contributed by atoms with Crippen LogP contribution >= 0.6 is 0 Å². The largest absolute Gasteiger partial charge is 0.289 e. The van der Waals surface area contributed by atoms with E-state index in [0.717, 1.165) is 22.2 Å². The van der Waals surface area contributed by atoms with Gasteiger partial charge in [-0.25, -0.2) is 8.42 Å². The molecule has 0 spiro atoms. The summed E-state index contributed by atoms with van der Waals surface area (Å²) in [6.07, 6.45) is 1.21. The molecule has 0 radical (unpaired) electrons. The Morgan fingerprint density at radius 3 is 2.43 bits per heavy atom. The Kier molecular flexibility index (Phi) is 2.93.